The van der Waals surface area contributed by atoms with Gasteiger partial charge in [0.25, 0.3) is 0 Å². The number of benzene rings is 1. The molecule has 3 N–H and O–H groups in total. The quantitative estimate of drug-likeness (QED) is 0.743. The van der Waals surface area contributed by atoms with Crippen LogP contribution in [0.1, 0.15) is 36.8 Å². The molecule has 2 heteroatoms. The van der Waals surface area contributed by atoms with Crippen LogP contribution < -0.4 is 11.1 Å². The lowest BCUT2D eigenvalue weighted by atomic mass is 10.1. The van der Waals surface area contributed by atoms with Crippen LogP contribution in [-0.4, -0.2) is 6.04 Å². The van der Waals surface area contributed by atoms with E-state index in [1.54, 1.807) is 0 Å². The molecule has 1 aliphatic carbocycles. The second kappa shape index (κ2) is 4.67. The number of hydrogen-bond donors (Lipinski definition) is 2. The summed E-state index contributed by atoms with van der Waals surface area (Å²) in [6, 6.07) is 7.03. The molecule has 0 aliphatic heterocycles. The standard InChI is InChI=1S/C13H20N2/c1-10-8-11(6-7-13(10)14)9-15-12-4-2-3-5-12/h6-8,12,15H,2-5,9,14H2,1H3. The highest BCUT2D eigenvalue weighted by molar-refractivity contribution is 5.47. The van der Waals surface area contributed by atoms with Crippen molar-refractivity contribution in [1.29, 1.82) is 0 Å². The van der Waals surface area contributed by atoms with Crippen molar-refractivity contribution in [2.45, 2.75) is 45.2 Å². The largest absolute Gasteiger partial charge is 0.399 e. The molecule has 0 radical (unpaired) electrons. The van der Waals surface area contributed by atoms with Crippen LogP contribution in [0.5, 0.6) is 0 Å². The van der Waals surface area contributed by atoms with E-state index in [0.717, 1.165) is 18.3 Å². The van der Waals surface area contributed by atoms with Gasteiger partial charge >= 0.3 is 0 Å². The van der Waals surface area contributed by atoms with Crippen molar-refractivity contribution in [2.24, 2.45) is 0 Å². The first kappa shape index (κ1) is 10.5. The number of anilines is 1. The SMILES string of the molecule is Cc1cc(CNC2CCCC2)ccc1N. The molecule has 1 fully saturated rings. The predicted octanol–water partition coefficient (Wildman–Crippen LogP) is 2.61. The van der Waals surface area contributed by atoms with Crippen molar-refractivity contribution in [3.05, 3.63) is 29.3 Å². The minimum Gasteiger partial charge on any atom is -0.399 e. The summed E-state index contributed by atoms with van der Waals surface area (Å²) in [6.45, 7) is 3.04. The molecule has 0 saturated heterocycles. The Kier molecular flexibility index (Phi) is 3.27. The van der Waals surface area contributed by atoms with Gasteiger partial charge in [0.2, 0.25) is 0 Å². The first-order chi connectivity index (χ1) is 7.25. The highest BCUT2D eigenvalue weighted by atomic mass is 14.9. The summed E-state index contributed by atoms with van der Waals surface area (Å²) in [5.41, 5.74) is 9.20. The number of nitrogens with two attached hydrogens (primary N) is 1. The highest BCUT2D eigenvalue weighted by Gasteiger charge is 2.13. The molecule has 0 atom stereocenters. The maximum atomic E-state index is 5.79. The predicted molar refractivity (Wildman–Crippen MR) is 64.7 cm³/mol. The van der Waals surface area contributed by atoms with Crippen molar-refractivity contribution >= 4 is 5.69 Å². The van der Waals surface area contributed by atoms with Crippen molar-refractivity contribution in [3.8, 4) is 0 Å². The molecular weight excluding hydrogens is 184 g/mol. The summed E-state index contributed by atoms with van der Waals surface area (Å²) in [6.07, 6.45) is 5.46. The molecule has 2 nitrogen and oxygen atoms in total. The van der Waals surface area contributed by atoms with Crippen LogP contribution in [0.3, 0.4) is 0 Å². The minimum atomic E-state index is 0.739. The molecular formula is C13H20N2. The van der Waals surface area contributed by atoms with Gasteiger partial charge in [-0.25, -0.2) is 0 Å². The van der Waals surface area contributed by atoms with E-state index in [1.165, 1.54) is 36.8 Å². The molecule has 1 saturated carbocycles. The first-order valence-corrected chi connectivity index (χ1v) is 5.84. The van der Waals surface area contributed by atoms with Crippen LogP contribution in [0.4, 0.5) is 5.69 Å². The fourth-order valence-electron chi connectivity index (χ4n) is 2.24. The van der Waals surface area contributed by atoms with E-state index in [4.69, 9.17) is 5.73 Å². The summed E-state index contributed by atoms with van der Waals surface area (Å²) in [4.78, 5) is 0. The van der Waals surface area contributed by atoms with Gasteiger partial charge in [-0.2, -0.15) is 0 Å². The zero-order valence-electron chi connectivity index (χ0n) is 9.42. The highest BCUT2D eigenvalue weighted by Crippen LogP contribution is 2.18. The lowest BCUT2D eigenvalue weighted by Crippen LogP contribution is -2.25. The average Bonchev–Trinajstić information content (AvgIpc) is 2.73. The smallest absolute Gasteiger partial charge is 0.0343 e. The van der Waals surface area contributed by atoms with Gasteiger partial charge in [-0.1, -0.05) is 25.0 Å². The molecule has 1 aliphatic rings. The Morgan fingerprint density at radius 1 is 1.33 bits per heavy atom. The molecule has 0 aromatic heterocycles. The molecule has 1 aromatic carbocycles. The van der Waals surface area contributed by atoms with E-state index in [1.807, 2.05) is 6.07 Å². The van der Waals surface area contributed by atoms with Gasteiger partial charge in [-0.05, 0) is 37.0 Å². The van der Waals surface area contributed by atoms with Gasteiger partial charge in [0.05, 0.1) is 0 Å². The van der Waals surface area contributed by atoms with E-state index in [0.29, 0.717) is 0 Å². The summed E-state index contributed by atoms with van der Waals surface area (Å²) in [5.74, 6) is 0. The first-order valence-electron chi connectivity index (χ1n) is 5.84. The van der Waals surface area contributed by atoms with Crippen molar-refractivity contribution in [2.75, 3.05) is 5.73 Å². The van der Waals surface area contributed by atoms with Crippen LogP contribution in [0.2, 0.25) is 0 Å². The molecule has 0 bridgehead atoms. The number of rotatable bonds is 3. The fraction of sp³-hybridized carbons (Fsp3) is 0.538. The van der Waals surface area contributed by atoms with Crippen molar-refractivity contribution < 1.29 is 0 Å². The van der Waals surface area contributed by atoms with E-state index in [2.05, 4.69) is 24.4 Å². The van der Waals surface area contributed by atoms with E-state index in [9.17, 15) is 0 Å². The Balaban J connectivity index is 1.90. The zero-order chi connectivity index (χ0) is 10.7. The Hall–Kier alpha value is -1.02. The second-order valence-electron chi connectivity index (χ2n) is 4.55. The maximum absolute atomic E-state index is 5.79. The van der Waals surface area contributed by atoms with Crippen LogP contribution in [0, 0.1) is 6.92 Å². The van der Waals surface area contributed by atoms with Gasteiger partial charge in [0, 0.05) is 18.3 Å². The molecule has 1 aromatic rings. The third kappa shape index (κ3) is 2.72. The normalized spacial score (nSPS) is 17.1. The van der Waals surface area contributed by atoms with Crippen LogP contribution >= 0.6 is 0 Å². The molecule has 82 valence electrons. The lowest BCUT2D eigenvalue weighted by Gasteiger charge is -2.12. The van der Waals surface area contributed by atoms with E-state index in [-0.39, 0.29) is 0 Å². The van der Waals surface area contributed by atoms with Gasteiger partial charge < -0.3 is 11.1 Å². The summed E-state index contributed by atoms with van der Waals surface area (Å²) in [5, 5.41) is 3.60. The summed E-state index contributed by atoms with van der Waals surface area (Å²) >= 11 is 0. The monoisotopic (exact) mass is 204 g/mol. The molecule has 0 unspecified atom stereocenters. The second-order valence-corrected chi connectivity index (χ2v) is 4.55. The number of nitrogen functional groups attached to an aromatic ring is 1. The van der Waals surface area contributed by atoms with E-state index >= 15 is 0 Å². The minimum absolute atomic E-state index is 0.739. The molecule has 0 heterocycles. The average molecular weight is 204 g/mol. The topological polar surface area (TPSA) is 38.0 Å². The van der Waals surface area contributed by atoms with Gasteiger partial charge in [0.1, 0.15) is 0 Å². The number of aryl methyl sites for hydroxylation is 1. The molecule has 15 heavy (non-hydrogen) atoms. The number of hydrogen-bond acceptors (Lipinski definition) is 2. The van der Waals surface area contributed by atoms with E-state index < -0.39 is 0 Å². The Morgan fingerprint density at radius 3 is 2.73 bits per heavy atom. The zero-order valence-corrected chi connectivity index (χ0v) is 9.42. The Morgan fingerprint density at radius 2 is 2.07 bits per heavy atom. The Labute approximate surface area is 91.9 Å². The van der Waals surface area contributed by atoms with Crippen LogP contribution in [0.25, 0.3) is 0 Å². The van der Waals surface area contributed by atoms with Gasteiger partial charge in [-0.3, -0.25) is 0 Å². The molecule has 2 rings (SSSR count). The van der Waals surface area contributed by atoms with Crippen molar-refractivity contribution in [1.82, 2.24) is 5.32 Å². The summed E-state index contributed by atoms with van der Waals surface area (Å²) in [7, 11) is 0. The third-order valence-electron chi connectivity index (χ3n) is 3.28. The van der Waals surface area contributed by atoms with Crippen LogP contribution in [0.15, 0.2) is 18.2 Å². The van der Waals surface area contributed by atoms with Gasteiger partial charge in [-0.15, -0.1) is 0 Å². The Bertz CT molecular complexity index is 327. The summed E-state index contributed by atoms with van der Waals surface area (Å²) < 4.78 is 0. The molecule has 0 spiro atoms. The third-order valence-corrected chi connectivity index (χ3v) is 3.28. The van der Waals surface area contributed by atoms with Gasteiger partial charge in [0.15, 0.2) is 0 Å². The van der Waals surface area contributed by atoms with Crippen molar-refractivity contribution in [3.63, 3.8) is 0 Å². The number of nitrogens with one attached hydrogen (secondary N) is 1. The fourth-order valence-corrected chi connectivity index (χ4v) is 2.24. The maximum Gasteiger partial charge on any atom is 0.0343 e. The lowest BCUT2D eigenvalue weighted by molar-refractivity contribution is 0.524. The van der Waals surface area contributed by atoms with Crippen LogP contribution in [-0.2, 0) is 6.54 Å². The molecule has 0 amide bonds.